The van der Waals surface area contributed by atoms with Gasteiger partial charge in [-0.2, -0.15) is 0 Å². The molecule has 0 aliphatic rings. The van der Waals surface area contributed by atoms with E-state index in [9.17, 15) is 15.0 Å². The van der Waals surface area contributed by atoms with E-state index < -0.39 is 11.3 Å². The average molecular weight is 340 g/mol. The number of phenolic OH excluding ortho intramolecular Hbond substituents is 1. The Morgan fingerprint density at radius 3 is 1.96 bits per heavy atom. The number of nitrogens with one attached hydrogen (secondary N) is 1. The van der Waals surface area contributed by atoms with Crippen molar-refractivity contribution in [2.75, 3.05) is 0 Å². The molecule has 5 N–H and O–H groups in total. The van der Waals surface area contributed by atoms with Crippen molar-refractivity contribution in [2.24, 2.45) is 5.84 Å². The van der Waals surface area contributed by atoms with Gasteiger partial charge in [-0.25, -0.2) is 5.84 Å². The van der Waals surface area contributed by atoms with Crippen molar-refractivity contribution in [3.8, 4) is 5.75 Å². The van der Waals surface area contributed by atoms with Gasteiger partial charge in [0.25, 0.3) is 5.91 Å². The van der Waals surface area contributed by atoms with E-state index in [0.717, 1.165) is 28.5 Å². The number of hydrazine groups is 1. The van der Waals surface area contributed by atoms with Crippen LogP contribution in [0, 0.1) is 0 Å². The van der Waals surface area contributed by atoms with Gasteiger partial charge in [0, 0.05) is 5.75 Å². The minimum atomic E-state index is -1.22. The molecule has 0 heterocycles. The number of phenols is 1. The van der Waals surface area contributed by atoms with Gasteiger partial charge in [-0.15, -0.1) is 11.8 Å². The Morgan fingerprint density at radius 2 is 1.61 bits per heavy atom. The summed E-state index contributed by atoms with van der Waals surface area (Å²) < 4.78 is 0. The number of amides is 1. The summed E-state index contributed by atoms with van der Waals surface area (Å²) in [5, 5.41) is 20.4. The second kappa shape index (κ2) is 7.11. The molecule has 1 atom stereocenters. The zero-order valence-corrected chi connectivity index (χ0v) is 15.5. The summed E-state index contributed by atoms with van der Waals surface area (Å²) in [5.41, 5.74) is 2.96. The number of carbonyl (C=O) groups excluding carboxylic acids is 1. The Morgan fingerprint density at radius 1 is 1.17 bits per heavy atom. The van der Waals surface area contributed by atoms with Crippen LogP contribution >= 0.6 is 11.8 Å². The van der Waals surface area contributed by atoms with Crippen LogP contribution in [0.25, 0.3) is 0 Å². The van der Waals surface area contributed by atoms with Crippen molar-refractivity contribution in [1.29, 1.82) is 0 Å². The molecule has 0 saturated carbocycles. The third kappa shape index (κ3) is 5.12. The largest absolute Gasteiger partial charge is 0.507 e. The second-order valence-electron chi connectivity index (χ2n) is 7.71. The monoisotopic (exact) mass is 340 g/mol. The number of carbonyl (C=O) groups is 1. The lowest BCUT2D eigenvalue weighted by atomic mass is 9.78. The maximum Gasteiger partial charge on any atom is 0.273 e. The lowest BCUT2D eigenvalue weighted by Crippen LogP contribution is -2.37. The molecule has 1 unspecified atom stereocenters. The van der Waals surface area contributed by atoms with Crippen LogP contribution in [-0.4, -0.2) is 21.6 Å². The highest BCUT2D eigenvalue weighted by molar-refractivity contribution is 7.99. The summed E-state index contributed by atoms with van der Waals surface area (Å²) in [7, 11) is 0. The lowest BCUT2D eigenvalue weighted by Gasteiger charge is -2.28. The quantitative estimate of drug-likeness (QED) is 0.292. The highest BCUT2D eigenvalue weighted by Crippen LogP contribution is 2.40. The number of aliphatic hydroxyl groups is 1. The Hall–Kier alpha value is -1.24. The van der Waals surface area contributed by atoms with Gasteiger partial charge >= 0.3 is 0 Å². The normalized spacial score (nSPS) is 13.7. The van der Waals surface area contributed by atoms with E-state index in [2.05, 4.69) is 0 Å². The van der Waals surface area contributed by atoms with Crippen LogP contribution in [0.3, 0.4) is 0 Å². The van der Waals surface area contributed by atoms with Gasteiger partial charge in [0.2, 0.25) is 0 Å². The molecule has 1 aromatic rings. The van der Waals surface area contributed by atoms with E-state index in [-0.39, 0.29) is 10.8 Å². The number of rotatable bonds is 4. The van der Waals surface area contributed by atoms with Crippen molar-refractivity contribution in [3.05, 3.63) is 28.8 Å². The predicted molar refractivity (Wildman–Crippen MR) is 95.1 cm³/mol. The van der Waals surface area contributed by atoms with E-state index in [1.165, 1.54) is 0 Å². The van der Waals surface area contributed by atoms with Gasteiger partial charge in [0.1, 0.15) is 5.75 Å². The Balaban J connectivity index is 3.21. The molecule has 1 rings (SSSR count). The Kier molecular flexibility index (Phi) is 6.12. The van der Waals surface area contributed by atoms with Crippen LogP contribution in [0.1, 0.15) is 58.2 Å². The van der Waals surface area contributed by atoms with E-state index >= 15 is 0 Å². The third-order valence-corrected chi connectivity index (χ3v) is 4.59. The molecular formula is C17H28N2O3S. The number of benzene rings is 1. The van der Waals surface area contributed by atoms with Crippen molar-refractivity contribution in [3.63, 3.8) is 0 Å². The minimum absolute atomic E-state index is 0.210. The standard InChI is InChI=1S/C17H28N2O3S/c1-16(2,3)11-7-10(9-23-15(22)14(21)19-18)8-12(13(11)20)17(4,5)6/h7-8,15,20,22H,9,18H2,1-6H3,(H,19,21). The molecule has 0 aliphatic heterocycles. The van der Waals surface area contributed by atoms with Gasteiger partial charge < -0.3 is 10.2 Å². The molecule has 0 fully saturated rings. The van der Waals surface area contributed by atoms with Crippen molar-refractivity contribution in [1.82, 2.24) is 5.43 Å². The van der Waals surface area contributed by atoms with Crippen molar-refractivity contribution < 1.29 is 15.0 Å². The second-order valence-corrected chi connectivity index (χ2v) is 8.78. The van der Waals surface area contributed by atoms with Crippen LogP contribution in [0.2, 0.25) is 0 Å². The molecule has 0 spiro atoms. The highest BCUT2D eigenvalue weighted by atomic mass is 32.2. The predicted octanol–water partition coefficient (Wildman–Crippen LogP) is 2.53. The summed E-state index contributed by atoms with van der Waals surface area (Å²) in [6, 6.07) is 3.87. The molecule has 5 nitrogen and oxygen atoms in total. The molecule has 23 heavy (non-hydrogen) atoms. The first-order valence-corrected chi connectivity index (χ1v) is 8.59. The Labute approximate surface area is 142 Å². The van der Waals surface area contributed by atoms with Crippen LogP contribution in [0.5, 0.6) is 5.75 Å². The molecular weight excluding hydrogens is 312 g/mol. The third-order valence-electron chi connectivity index (χ3n) is 3.56. The first-order valence-electron chi connectivity index (χ1n) is 7.55. The zero-order chi connectivity index (χ0) is 18.0. The molecule has 0 aromatic heterocycles. The fourth-order valence-corrected chi connectivity index (χ4v) is 2.98. The van der Waals surface area contributed by atoms with Crippen LogP contribution in [0.15, 0.2) is 12.1 Å². The van der Waals surface area contributed by atoms with Gasteiger partial charge in [-0.1, -0.05) is 53.7 Å². The van der Waals surface area contributed by atoms with Crippen molar-refractivity contribution >= 4 is 17.7 Å². The van der Waals surface area contributed by atoms with Gasteiger partial charge in [0.15, 0.2) is 5.44 Å². The van der Waals surface area contributed by atoms with Gasteiger partial charge in [0.05, 0.1) is 0 Å². The average Bonchev–Trinajstić information content (AvgIpc) is 2.42. The molecule has 0 bridgehead atoms. The summed E-state index contributed by atoms with van der Waals surface area (Å²) in [5.74, 6) is 5.16. The number of hydrogen-bond acceptors (Lipinski definition) is 5. The fourth-order valence-electron chi connectivity index (χ4n) is 2.24. The van der Waals surface area contributed by atoms with Crippen molar-refractivity contribution in [2.45, 2.75) is 63.6 Å². The molecule has 130 valence electrons. The molecule has 1 amide bonds. The van der Waals surface area contributed by atoms with Gasteiger partial charge in [-0.05, 0) is 27.5 Å². The SMILES string of the molecule is CC(C)(C)c1cc(CSC(O)C(=O)NN)cc(C(C)(C)C)c1O. The van der Waals surface area contributed by atoms with E-state index in [1.54, 1.807) is 0 Å². The topological polar surface area (TPSA) is 95.6 Å². The molecule has 0 radical (unpaired) electrons. The summed E-state index contributed by atoms with van der Waals surface area (Å²) >= 11 is 1.09. The van der Waals surface area contributed by atoms with Crippen LogP contribution in [-0.2, 0) is 21.4 Å². The Bertz CT molecular complexity index is 539. The van der Waals surface area contributed by atoms with E-state index in [4.69, 9.17) is 5.84 Å². The van der Waals surface area contributed by atoms with Gasteiger partial charge in [-0.3, -0.25) is 10.2 Å². The summed E-state index contributed by atoms with van der Waals surface area (Å²) in [4.78, 5) is 11.3. The smallest absolute Gasteiger partial charge is 0.273 e. The number of aliphatic hydroxyl groups excluding tert-OH is 1. The number of thioether (sulfide) groups is 1. The first-order chi connectivity index (χ1) is 10.4. The molecule has 0 saturated heterocycles. The van der Waals surface area contributed by atoms with E-state index in [1.807, 2.05) is 59.1 Å². The fraction of sp³-hybridized carbons (Fsp3) is 0.588. The first kappa shape index (κ1) is 19.8. The number of hydrogen-bond donors (Lipinski definition) is 4. The number of aromatic hydroxyl groups is 1. The summed E-state index contributed by atoms with van der Waals surface area (Å²) in [6.45, 7) is 12.3. The lowest BCUT2D eigenvalue weighted by molar-refractivity contribution is -0.125. The molecule has 1 aromatic carbocycles. The highest BCUT2D eigenvalue weighted by Gasteiger charge is 2.26. The number of nitrogens with two attached hydrogens (primary N) is 1. The van der Waals surface area contributed by atoms with Crippen LogP contribution < -0.4 is 11.3 Å². The molecule has 0 aliphatic carbocycles. The van der Waals surface area contributed by atoms with Crippen LogP contribution in [0.4, 0.5) is 0 Å². The summed E-state index contributed by atoms with van der Waals surface area (Å²) in [6.07, 6.45) is 0. The molecule has 6 heteroatoms. The van der Waals surface area contributed by atoms with E-state index in [0.29, 0.717) is 11.5 Å². The maximum absolute atomic E-state index is 11.3. The minimum Gasteiger partial charge on any atom is -0.507 e. The maximum atomic E-state index is 11.3. The zero-order valence-electron chi connectivity index (χ0n) is 14.7.